The SMILES string of the molecule is Cc1[nH]c(C(=O)OCC(=O)Nc2ccc(N3CCOCC3)cc2)c(C)c1[C@H](C)O. The molecule has 0 aliphatic carbocycles. The lowest BCUT2D eigenvalue weighted by atomic mass is 10.1. The second-order valence-electron chi connectivity index (χ2n) is 7.11. The molecular weight excluding hydrogens is 374 g/mol. The standard InChI is InChI=1S/C21H27N3O5/c1-13-19(15(3)25)14(2)22-20(13)21(27)29-12-18(26)23-16-4-6-17(7-5-16)24-8-10-28-11-9-24/h4-7,15,22,25H,8-12H2,1-3H3,(H,23,26)/t15-/m0/s1. The van der Waals surface area contributed by atoms with Crippen LogP contribution in [0.3, 0.4) is 0 Å². The summed E-state index contributed by atoms with van der Waals surface area (Å²) in [6.07, 6.45) is -0.698. The topological polar surface area (TPSA) is 104 Å². The highest BCUT2D eigenvalue weighted by Crippen LogP contribution is 2.25. The number of benzene rings is 1. The van der Waals surface area contributed by atoms with E-state index < -0.39 is 24.6 Å². The Hall–Kier alpha value is -2.84. The van der Waals surface area contributed by atoms with Crippen LogP contribution in [0, 0.1) is 13.8 Å². The number of amides is 1. The summed E-state index contributed by atoms with van der Waals surface area (Å²) in [5.74, 6) is -1.05. The number of esters is 1. The molecule has 29 heavy (non-hydrogen) atoms. The quantitative estimate of drug-likeness (QED) is 0.642. The molecule has 1 aliphatic heterocycles. The zero-order valence-corrected chi connectivity index (χ0v) is 16.9. The van der Waals surface area contributed by atoms with Crippen LogP contribution in [-0.2, 0) is 14.3 Å². The number of carbonyl (C=O) groups excluding carboxylic acids is 2. The van der Waals surface area contributed by atoms with E-state index in [2.05, 4.69) is 15.2 Å². The van der Waals surface area contributed by atoms with Gasteiger partial charge in [0.05, 0.1) is 19.3 Å². The van der Waals surface area contributed by atoms with Crippen LogP contribution in [0.2, 0.25) is 0 Å². The summed E-state index contributed by atoms with van der Waals surface area (Å²) in [7, 11) is 0. The highest BCUT2D eigenvalue weighted by atomic mass is 16.5. The minimum absolute atomic E-state index is 0.251. The summed E-state index contributed by atoms with van der Waals surface area (Å²) in [4.78, 5) is 29.6. The van der Waals surface area contributed by atoms with Crippen LogP contribution >= 0.6 is 0 Å². The molecular formula is C21H27N3O5. The van der Waals surface area contributed by atoms with E-state index in [0.717, 1.165) is 18.8 Å². The molecule has 1 aromatic carbocycles. The van der Waals surface area contributed by atoms with E-state index in [0.29, 0.717) is 35.7 Å². The molecule has 8 heteroatoms. The Balaban J connectivity index is 1.53. The minimum atomic E-state index is -0.698. The number of aromatic amines is 1. The third-order valence-electron chi connectivity index (χ3n) is 4.98. The molecule has 8 nitrogen and oxygen atoms in total. The highest BCUT2D eigenvalue weighted by molar-refractivity contribution is 5.95. The maximum atomic E-state index is 12.3. The van der Waals surface area contributed by atoms with E-state index in [1.165, 1.54) is 0 Å². The number of nitrogens with zero attached hydrogens (tertiary/aromatic N) is 1. The van der Waals surface area contributed by atoms with Crippen molar-refractivity contribution in [3.05, 3.63) is 46.8 Å². The van der Waals surface area contributed by atoms with Crippen molar-refractivity contribution in [2.45, 2.75) is 26.9 Å². The van der Waals surface area contributed by atoms with E-state index >= 15 is 0 Å². The van der Waals surface area contributed by atoms with Gasteiger partial charge in [-0.3, -0.25) is 4.79 Å². The Kier molecular flexibility index (Phi) is 6.56. The third-order valence-corrected chi connectivity index (χ3v) is 4.98. The molecule has 1 fully saturated rings. The Morgan fingerprint density at radius 1 is 1.24 bits per heavy atom. The van der Waals surface area contributed by atoms with E-state index in [4.69, 9.17) is 9.47 Å². The summed E-state index contributed by atoms with van der Waals surface area (Å²) >= 11 is 0. The number of anilines is 2. The smallest absolute Gasteiger partial charge is 0.355 e. The van der Waals surface area contributed by atoms with Gasteiger partial charge in [0.1, 0.15) is 5.69 Å². The van der Waals surface area contributed by atoms with Gasteiger partial charge in [-0.15, -0.1) is 0 Å². The average Bonchev–Trinajstić information content (AvgIpc) is 3.01. The number of aliphatic hydroxyl groups excluding tert-OH is 1. The van der Waals surface area contributed by atoms with Crippen LogP contribution in [0.5, 0.6) is 0 Å². The minimum Gasteiger partial charge on any atom is -0.451 e. The van der Waals surface area contributed by atoms with Gasteiger partial charge in [0.15, 0.2) is 6.61 Å². The molecule has 0 unspecified atom stereocenters. The van der Waals surface area contributed by atoms with Gasteiger partial charge in [0.25, 0.3) is 5.91 Å². The largest absolute Gasteiger partial charge is 0.451 e. The molecule has 3 N–H and O–H groups in total. The van der Waals surface area contributed by atoms with Crippen molar-refractivity contribution in [2.24, 2.45) is 0 Å². The van der Waals surface area contributed by atoms with Crippen LogP contribution in [0.1, 0.15) is 40.3 Å². The van der Waals surface area contributed by atoms with Crippen molar-refractivity contribution < 1.29 is 24.2 Å². The fourth-order valence-corrected chi connectivity index (χ4v) is 3.57. The van der Waals surface area contributed by atoms with Gasteiger partial charge in [-0.2, -0.15) is 0 Å². The summed E-state index contributed by atoms with van der Waals surface area (Å²) in [6, 6.07) is 7.51. The van der Waals surface area contributed by atoms with Gasteiger partial charge in [-0.1, -0.05) is 0 Å². The molecule has 0 radical (unpaired) electrons. The Bertz CT molecular complexity index is 867. The van der Waals surface area contributed by atoms with Crippen molar-refractivity contribution in [3.63, 3.8) is 0 Å². The lowest BCUT2D eigenvalue weighted by molar-refractivity contribution is -0.119. The van der Waals surface area contributed by atoms with Crippen LogP contribution in [-0.4, -0.2) is 54.9 Å². The highest BCUT2D eigenvalue weighted by Gasteiger charge is 2.21. The number of H-pyrrole nitrogens is 1. The lowest BCUT2D eigenvalue weighted by Gasteiger charge is -2.28. The van der Waals surface area contributed by atoms with Gasteiger partial charge in [-0.05, 0) is 50.6 Å². The number of aryl methyl sites for hydroxylation is 1. The first-order chi connectivity index (χ1) is 13.9. The summed E-state index contributed by atoms with van der Waals surface area (Å²) in [5.41, 5.74) is 3.95. The number of aliphatic hydroxyl groups is 1. The second kappa shape index (κ2) is 9.11. The Morgan fingerprint density at radius 2 is 1.90 bits per heavy atom. The number of hydrogen-bond acceptors (Lipinski definition) is 6. The van der Waals surface area contributed by atoms with Gasteiger partial charge >= 0.3 is 5.97 Å². The first kappa shape index (κ1) is 20.9. The van der Waals surface area contributed by atoms with Gasteiger partial charge in [-0.25, -0.2) is 4.79 Å². The van der Waals surface area contributed by atoms with Gasteiger partial charge in [0, 0.05) is 35.7 Å². The van der Waals surface area contributed by atoms with E-state index in [-0.39, 0.29) is 5.69 Å². The van der Waals surface area contributed by atoms with Crippen molar-refractivity contribution in [1.82, 2.24) is 4.98 Å². The summed E-state index contributed by atoms with van der Waals surface area (Å²) in [5, 5.41) is 12.5. The van der Waals surface area contributed by atoms with E-state index in [9.17, 15) is 14.7 Å². The summed E-state index contributed by atoms with van der Waals surface area (Å²) in [6.45, 7) is 7.86. The Morgan fingerprint density at radius 3 is 2.48 bits per heavy atom. The van der Waals surface area contributed by atoms with Crippen molar-refractivity contribution in [1.29, 1.82) is 0 Å². The molecule has 1 aromatic heterocycles. The zero-order chi connectivity index (χ0) is 21.0. The van der Waals surface area contributed by atoms with Gasteiger partial charge < -0.3 is 29.8 Å². The molecule has 2 heterocycles. The van der Waals surface area contributed by atoms with Crippen LogP contribution < -0.4 is 10.2 Å². The normalized spacial score (nSPS) is 15.1. The van der Waals surface area contributed by atoms with Crippen LogP contribution in [0.4, 0.5) is 11.4 Å². The molecule has 1 aliphatic rings. The fraction of sp³-hybridized carbons (Fsp3) is 0.429. The fourth-order valence-electron chi connectivity index (χ4n) is 3.57. The molecule has 0 bridgehead atoms. The molecule has 3 rings (SSSR count). The van der Waals surface area contributed by atoms with Crippen molar-refractivity contribution in [3.8, 4) is 0 Å². The molecule has 1 saturated heterocycles. The van der Waals surface area contributed by atoms with Crippen LogP contribution in [0.25, 0.3) is 0 Å². The number of ether oxygens (including phenoxy) is 2. The lowest BCUT2D eigenvalue weighted by Crippen LogP contribution is -2.36. The zero-order valence-electron chi connectivity index (χ0n) is 16.9. The molecule has 2 aromatic rings. The number of aromatic nitrogens is 1. The number of carbonyl (C=O) groups is 2. The molecule has 1 amide bonds. The predicted octanol–water partition coefficient (Wildman–Crippen LogP) is 2.32. The second-order valence-corrected chi connectivity index (χ2v) is 7.11. The Labute approximate surface area is 169 Å². The van der Waals surface area contributed by atoms with Crippen LogP contribution in [0.15, 0.2) is 24.3 Å². The molecule has 0 spiro atoms. The number of rotatable bonds is 6. The predicted molar refractivity (Wildman–Crippen MR) is 109 cm³/mol. The van der Waals surface area contributed by atoms with Crippen molar-refractivity contribution in [2.75, 3.05) is 43.1 Å². The number of morpholine rings is 1. The molecule has 1 atom stereocenters. The van der Waals surface area contributed by atoms with E-state index in [1.54, 1.807) is 20.8 Å². The first-order valence-corrected chi connectivity index (χ1v) is 9.63. The maximum Gasteiger partial charge on any atom is 0.355 e. The molecule has 0 saturated carbocycles. The van der Waals surface area contributed by atoms with E-state index in [1.807, 2.05) is 24.3 Å². The monoisotopic (exact) mass is 401 g/mol. The molecule has 156 valence electrons. The summed E-state index contributed by atoms with van der Waals surface area (Å²) < 4.78 is 10.5. The number of nitrogens with one attached hydrogen (secondary N) is 2. The first-order valence-electron chi connectivity index (χ1n) is 9.63. The average molecular weight is 401 g/mol. The maximum absolute atomic E-state index is 12.3. The van der Waals surface area contributed by atoms with Crippen molar-refractivity contribution >= 4 is 23.3 Å². The van der Waals surface area contributed by atoms with Gasteiger partial charge in [0.2, 0.25) is 0 Å². The third kappa shape index (κ3) is 4.96. The number of hydrogen-bond donors (Lipinski definition) is 3.